The Balaban J connectivity index is 1.73. The van der Waals surface area contributed by atoms with E-state index in [9.17, 15) is 9.18 Å². The number of benzene rings is 1. The van der Waals surface area contributed by atoms with Crippen molar-refractivity contribution in [1.29, 1.82) is 0 Å². The van der Waals surface area contributed by atoms with Gasteiger partial charge in [-0.2, -0.15) is 0 Å². The third-order valence-electron chi connectivity index (χ3n) is 5.72. The van der Waals surface area contributed by atoms with Crippen molar-refractivity contribution < 1.29 is 13.6 Å². The zero-order chi connectivity index (χ0) is 18.2. The van der Waals surface area contributed by atoms with Crippen molar-refractivity contribution in [3.05, 3.63) is 35.1 Å². The van der Waals surface area contributed by atoms with Crippen LogP contribution < -0.4 is 5.73 Å². The maximum atomic E-state index is 15.3. The number of nitrogens with two attached hydrogens (primary N) is 1. The van der Waals surface area contributed by atoms with Gasteiger partial charge in [-0.3, -0.25) is 9.69 Å². The topological polar surface area (TPSA) is 46.3 Å². The molecule has 2 N–H and O–H groups in total. The Morgan fingerprint density at radius 1 is 1.28 bits per heavy atom. The van der Waals surface area contributed by atoms with Crippen LogP contribution in [0.4, 0.5) is 8.78 Å². The molecule has 0 aromatic heterocycles. The molecule has 3 rings (SSSR count). The largest absolute Gasteiger partial charge is 0.369 e. The van der Waals surface area contributed by atoms with Crippen molar-refractivity contribution in [2.45, 2.75) is 58.2 Å². The molecule has 0 atom stereocenters. The summed E-state index contributed by atoms with van der Waals surface area (Å²) < 4.78 is 29.7. The Bertz CT molecular complexity index is 647. The van der Waals surface area contributed by atoms with Crippen LogP contribution in [0.2, 0.25) is 0 Å². The monoisotopic (exact) mass is 350 g/mol. The number of amides is 1. The summed E-state index contributed by atoms with van der Waals surface area (Å²) in [6.45, 7) is 6.55. The molecule has 0 unspecified atom stereocenters. The third kappa shape index (κ3) is 3.57. The van der Waals surface area contributed by atoms with Crippen molar-refractivity contribution >= 4 is 5.91 Å². The number of primary amides is 1. The SMILES string of the molecule is CC(C)CC1(C(N)=O)CC(F)(c2ccc(CN3CCCC3)c(F)c2)C1. The zero-order valence-corrected chi connectivity index (χ0v) is 15.2. The lowest BCUT2D eigenvalue weighted by atomic mass is 9.55. The molecule has 0 bridgehead atoms. The quantitative estimate of drug-likeness (QED) is 0.846. The second-order valence-electron chi connectivity index (χ2n) is 8.35. The smallest absolute Gasteiger partial charge is 0.223 e. The zero-order valence-electron chi connectivity index (χ0n) is 15.2. The molecule has 1 saturated heterocycles. The number of nitrogens with zero attached hydrogens (tertiary/aromatic N) is 1. The van der Waals surface area contributed by atoms with Crippen LogP contribution in [0.15, 0.2) is 18.2 Å². The van der Waals surface area contributed by atoms with Crippen molar-refractivity contribution in [3.8, 4) is 0 Å². The predicted octanol–water partition coefficient (Wildman–Crippen LogP) is 3.90. The van der Waals surface area contributed by atoms with Gasteiger partial charge in [0.1, 0.15) is 11.5 Å². The third-order valence-corrected chi connectivity index (χ3v) is 5.72. The first-order valence-electron chi connectivity index (χ1n) is 9.24. The van der Waals surface area contributed by atoms with Crippen molar-refractivity contribution in [2.75, 3.05) is 13.1 Å². The molecule has 1 aliphatic carbocycles. The van der Waals surface area contributed by atoms with Gasteiger partial charge in [0.05, 0.1) is 5.41 Å². The maximum absolute atomic E-state index is 15.3. The molecule has 1 saturated carbocycles. The van der Waals surface area contributed by atoms with E-state index in [1.165, 1.54) is 6.07 Å². The lowest BCUT2D eigenvalue weighted by Crippen LogP contribution is -2.54. The molecule has 5 heteroatoms. The summed E-state index contributed by atoms with van der Waals surface area (Å²) in [5.41, 5.74) is 4.02. The van der Waals surface area contributed by atoms with E-state index in [2.05, 4.69) is 4.90 Å². The summed E-state index contributed by atoms with van der Waals surface area (Å²) in [5.74, 6) is -0.543. The Kier molecular flexibility index (Phi) is 4.89. The number of carbonyl (C=O) groups is 1. The number of halogens is 2. The summed E-state index contributed by atoms with van der Waals surface area (Å²) in [6.07, 6.45) is 2.98. The molecule has 3 nitrogen and oxygen atoms in total. The van der Waals surface area contributed by atoms with Crippen molar-refractivity contribution in [3.63, 3.8) is 0 Å². The predicted molar refractivity (Wildman–Crippen MR) is 94.0 cm³/mol. The first kappa shape index (κ1) is 18.3. The summed E-state index contributed by atoms with van der Waals surface area (Å²) in [5, 5.41) is 0. The number of hydrogen-bond acceptors (Lipinski definition) is 2. The van der Waals surface area contributed by atoms with E-state index in [-0.39, 0.29) is 24.6 Å². The Hall–Kier alpha value is -1.49. The van der Waals surface area contributed by atoms with E-state index in [1.807, 2.05) is 13.8 Å². The Morgan fingerprint density at radius 3 is 2.44 bits per heavy atom. The fourth-order valence-corrected chi connectivity index (χ4v) is 4.56. The van der Waals surface area contributed by atoms with E-state index in [1.54, 1.807) is 12.1 Å². The molecule has 25 heavy (non-hydrogen) atoms. The summed E-state index contributed by atoms with van der Waals surface area (Å²) >= 11 is 0. The van der Waals surface area contributed by atoms with Gasteiger partial charge in [0, 0.05) is 24.9 Å². The van der Waals surface area contributed by atoms with E-state index in [0.717, 1.165) is 25.9 Å². The van der Waals surface area contributed by atoms with Crippen LogP contribution >= 0.6 is 0 Å². The minimum Gasteiger partial charge on any atom is -0.369 e. The van der Waals surface area contributed by atoms with E-state index >= 15 is 4.39 Å². The number of rotatable bonds is 6. The molecular formula is C20H28F2N2O. The highest BCUT2D eigenvalue weighted by Crippen LogP contribution is 2.59. The molecule has 2 fully saturated rings. The highest BCUT2D eigenvalue weighted by molar-refractivity contribution is 5.82. The molecule has 0 radical (unpaired) electrons. The summed E-state index contributed by atoms with van der Waals surface area (Å²) in [6, 6.07) is 4.68. The average molecular weight is 350 g/mol. The number of carbonyl (C=O) groups excluding carboxylic acids is 1. The second-order valence-corrected chi connectivity index (χ2v) is 8.35. The lowest BCUT2D eigenvalue weighted by Gasteiger charge is -2.50. The molecule has 1 aliphatic heterocycles. The number of hydrogen-bond donors (Lipinski definition) is 1. The maximum Gasteiger partial charge on any atom is 0.223 e. The molecule has 2 aliphatic rings. The number of alkyl halides is 1. The van der Waals surface area contributed by atoms with Gasteiger partial charge in [0.15, 0.2) is 0 Å². The van der Waals surface area contributed by atoms with Gasteiger partial charge in [-0.1, -0.05) is 26.0 Å². The fraction of sp³-hybridized carbons (Fsp3) is 0.650. The van der Waals surface area contributed by atoms with Gasteiger partial charge < -0.3 is 5.73 Å². The Morgan fingerprint density at radius 2 is 1.92 bits per heavy atom. The van der Waals surface area contributed by atoms with Crippen LogP contribution in [-0.2, 0) is 17.0 Å². The molecule has 1 amide bonds. The molecule has 1 heterocycles. The van der Waals surface area contributed by atoms with E-state index < -0.39 is 17.0 Å². The summed E-state index contributed by atoms with van der Waals surface area (Å²) in [7, 11) is 0. The molecule has 1 aromatic carbocycles. The summed E-state index contributed by atoms with van der Waals surface area (Å²) in [4.78, 5) is 14.1. The van der Waals surface area contributed by atoms with Crippen LogP contribution in [0.3, 0.4) is 0 Å². The molecule has 1 aromatic rings. The van der Waals surface area contributed by atoms with Gasteiger partial charge in [-0.15, -0.1) is 0 Å². The average Bonchev–Trinajstić information content (AvgIpc) is 2.99. The normalized spacial score (nSPS) is 29.8. The standard InChI is InChI=1S/C20H28F2N2O/c1-14(2)10-19(18(23)25)12-20(22,13-19)16-6-5-15(17(21)9-16)11-24-7-3-4-8-24/h5-6,9,14H,3-4,7-8,10-13H2,1-2H3,(H2,23,25). The molecule has 0 spiro atoms. The minimum absolute atomic E-state index is 0.0540. The number of likely N-dealkylation sites (tertiary alicyclic amines) is 1. The van der Waals surface area contributed by atoms with Crippen LogP contribution in [0, 0.1) is 17.2 Å². The minimum atomic E-state index is -1.66. The van der Waals surface area contributed by atoms with Crippen LogP contribution in [0.5, 0.6) is 0 Å². The van der Waals surface area contributed by atoms with Crippen LogP contribution in [0.1, 0.15) is 57.1 Å². The highest BCUT2D eigenvalue weighted by Gasteiger charge is 2.59. The Labute approximate surface area is 148 Å². The molecular weight excluding hydrogens is 322 g/mol. The van der Waals surface area contributed by atoms with Gasteiger partial charge in [-0.05, 0) is 49.9 Å². The van der Waals surface area contributed by atoms with E-state index in [4.69, 9.17) is 5.73 Å². The highest BCUT2D eigenvalue weighted by atomic mass is 19.1. The molecule has 138 valence electrons. The first-order chi connectivity index (χ1) is 11.7. The van der Waals surface area contributed by atoms with Crippen LogP contribution in [-0.4, -0.2) is 23.9 Å². The second kappa shape index (κ2) is 6.67. The van der Waals surface area contributed by atoms with Crippen molar-refractivity contribution in [1.82, 2.24) is 4.90 Å². The van der Waals surface area contributed by atoms with Gasteiger partial charge in [0.2, 0.25) is 5.91 Å². The van der Waals surface area contributed by atoms with Gasteiger partial charge in [0.25, 0.3) is 0 Å². The first-order valence-corrected chi connectivity index (χ1v) is 9.24. The van der Waals surface area contributed by atoms with Gasteiger partial charge >= 0.3 is 0 Å². The van der Waals surface area contributed by atoms with Crippen molar-refractivity contribution in [2.24, 2.45) is 17.1 Å². The fourth-order valence-electron chi connectivity index (χ4n) is 4.56. The van der Waals surface area contributed by atoms with Crippen LogP contribution in [0.25, 0.3) is 0 Å². The lowest BCUT2D eigenvalue weighted by molar-refractivity contribution is -0.150. The van der Waals surface area contributed by atoms with Gasteiger partial charge in [-0.25, -0.2) is 8.78 Å². The van der Waals surface area contributed by atoms with E-state index in [0.29, 0.717) is 24.1 Å².